The molecule has 548 valence electrons. The van der Waals surface area contributed by atoms with Crippen molar-refractivity contribution in [2.24, 2.45) is 0 Å². The summed E-state index contributed by atoms with van der Waals surface area (Å²) in [7, 11) is 0. The number of hydrogen-bond acceptors (Lipinski definition) is 6. The van der Waals surface area contributed by atoms with Crippen molar-refractivity contribution in [1.82, 2.24) is 4.57 Å². The fourth-order valence-corrected chi connectivity index (χ4v) is 19.6. The molecule has 116 heavy (non-hydrogen) atoms. The lowest BCUT2D eigenvalue weighted by Crippen LogP contribution is -2.64. The van der Waals surface area contributed by atoms with Gasteiger partial charge in [0, 0.05) is 90.7 Å². The lowest BCUT2D eigenvalue weighted by Gasteiger charge is -2.47. The summed E-state index contributed by atoms with van der Waals surface area (Å²) in [6.07, 6.45) is 0. The van der Waals surface area contributed by atoms with Gasteiger partial charge in [-0.25, -0.2) is 0 Å². The third-order valence-electron chi connectivity index (χ3n) is 24.3. The number of anilines is 15. The van der Waals surface area contributed by atoms with Gasteiger partial charge in [0.1, 0.15) is 11.5 Å². The van der Waals surface area contributed by atoms with Gasteiger partial charge in [0.25, 0.3) is 13.4 Å². The van der Waals surface area contributed by atoms with Crippen molar-refractivity contribution in [3.63, 3.8) is 0 Å². The molecular weight excluding hydrogens is 1410 g/mol. The smallest absolute Gasteiger partial charge is 0.256 e. The molecule has 0 aliphatic carbocycles. The highest BCUT2D eigenvalue weighted by Gasteiger charge is 2.49. The molecule has 0 spiro atoms. The quantitative estimate of drug-likeness (QED) is 0.107. The maximum atomic E-state index is 7.80. The van der Waals surface area contributed by atoms with E-state index in [9.17, 15) is 0 Å². The van der Waals surface area contributed by atoms with Gasteiger partial charge in [-0.05, 0) is 233 Å². The molecule has 0 saturated carbocycles. The van der Waals surface area contributed by atoms with E-state index < -0.39 is 0 Å². The predicted molar refractivity (Wildman–Crippen MR) is 490 cm³/mol. The van der Waals surface area contributed by atoms with Gasteiger partial charge >= 0.3 is 0 Å². The fraction of sp³-hybridized carbons (Fsp3) is 0.0467. The molecule has 9 heteroatoms. The standard InChI is InChI=1S/C107H78B2N6O/c1-69-56-71(3)106(72(4)57-69)111(80-39-19-9-20-40-80)86-65-102-105-103(66-86)116-107-73(5)58-70(2)59-93(107)109(105)92-67-91-98(68-99(92)115(102)94-50-29-27-48-87(94)78-52-54-89-88-49-28-30-51-95(88)112(96(89)62-78)81-41-21-10-22-42-81)114(83-45-25-12-26-46-83)101-64-85(110(79-37-17-8-18-38-79)84-47-31-36-76(60-84)74-32-13-6-14-33-74)63-100-104(101)108(91)90-55-53-77(75-34-15-7-16-35-75)61-97(90)113(100)82-43-23-11-24-44-82/h6-68H,1-5H3. The number of fused-ring (bicyclic) bond motifs is 11. The second kappa shape index (κ2) is 27.4. The van der Waals surface area contributed by atoms with Crippen LogP contribution in [0.5, 0.6) is 11.5 Å². The Morgan fingerprint density at radius 3 is 1.38 bits per heavy atom. The zero-order valence-electron chi connectivity index (χ0n) is 65.1. The normalized spacial score (nSPS) is 12.7. The minimum atomic E-state index is -0.296. The van der Waals surface area contributed by atoms with Crippen LogP contribution >= 0.6 is 0 Å². The largest absolute Gasteiger partial charge is 0.458 e. The van der Waals surface area contributed by atoms with Crippen LogP contribution in [-0.4, -0.2) is 18.0 Å². The average molecular weight is 1490 g/mol. The van der Waals surface area contributed by atoms with Crippen LogP contribution in [0, 0.1) is 34.6 Å². The van der Waals surface area contributed by atoms with Crippen LogP contribution in [0.15, 0.2) is 382 Å². The van der Waals surface area contributed by atoms with Gasteiger partial charge in [0.2, 0.25) is 0 Å². The van der Waals surface area contributed by atoms with E-state index in [1.54, 1.807) is 0 Å². The molecular formula is C107H78B2N6O. The van der Waals surface area contributed by atoms with E-state index in [0.717, 1.165) is 163 Å². The van der Waals surface area contributed by atoms with E-state index in [2.05, 4.69) is 446 Å². The van der Waals surface area contributed by atoms with Crippen LogP contribution in [-0.2, 0) is 0 Å². The van der Waals surface area contributed by atoms with E-state index in [-0.39, 0.29) is 13.4 Å². The van der Waals surface area contributed by atoms with Crippen LogP contribution in [0.4, 0.5) is 85.3 Å². The maximum absolute atomic E-state index is 7.80. The molecule has 0 fully saturated rings. The lowest BCUT2D eigenvalue weighted by atomic mass is 9.30. The molecule has 0 bridgehead atoms. The summed E-state index contributed by atoms with van der Waals surface area (Å²) in [5.41, 5.74) is 39.0. The first-order valence-electron chi connectivity index (χ1n) is 40.3. The number of benzene rings is 17. The monoisotopic (exact) mass is 1480 g/mol. The van der Waals surface area contributed by atoms with Crippen LogP contribution < -0.4 is 62.0 Å². The number of hydrogen-bond donors (Lipinski definition) is 0. The van der Waals surface area contributed by atoms with Crippen LogP contribution in [0.1, 0.15) is 27.8 Å². The Bertz CT molecular complexity index is 6940. The second-order valence-corrected chi connectivity index (χ2v) is 31.5. The van der Waals surface area contributed by atoms with Gasteiger partial charge in [0.15, 0.2) is 0 Å². The molecule has 4 aliphatic heterocycles. The van der Waals surface area contributed by atoms with Gasteiger partial charge in [-0.15, -0.1) is 0 Å². The summed E-state index contributed by atoms with van der Waals surface area (Å²) in [6.45, 7) is 10.6. The summed E-state index contributed by atoms with van der Waals surface area (Å²) in [6, 6.07) is 142. The molecule has 0 radical (unpaired) electrons. The minimum absolute atomic E-state index is 0.285. The van der Waals surface area contributed by atoms with Crippen LogP contribution in [0.25, 0.3) is 60.9 Å². The van der Waals surface area contributed by atoms with Crippen molar-refractivity contribution in [3.05, 3.63) is 410 Å². The molecule has 0 unspecified atom stereocenters. The fourth-order valence-electron chi connectivity index (χ4n) is 19.6. The minimum Gasteiger partial charge on any atom is -0.458 e. The van der Waals surface area contributed by atoms with Crippen molar-refractivity contribution in [2.75, 3.05) is 24.5 Å². The Kier molecular flexibility index (Phi) is 16.1. The highest BCUT2D eigenvalue weighted by Crippen LogP contribution is 2.54. The summed E-state index contributed by atoms with van der Waals surface area (Å²) in [5.74, 6) is 1.71. The Hall–Kier alpha value is -14.5. The second-order valence-electron chi connectivity index (χ2n) is 31.5. The topological polar surface area (TPSA) is 30.4 Å². The Labute approximate surface area is 677 Å². The van der Waals surface area contributed by atoms with E-state index in [4.69, 9.17) is 4.74 Å². The zero-order chi connectivity index (χ0) is 77.4. The average Bonchev–Trinajstić information content (AvgIpc) is 0.797. The van der Waals surface area contributed by atoms with Gasteiger partial charge in [-0.3, -0.25) is 0 Å². The lowest BCUT2D eigenvalue weighted by molar-refractivity contribution is 0.483. The number of nitrogens with zero attached hydrogens (tertiary/aromatic N) is 6. The van der Waals surface area contributed by atoms with Crippen LogP contribution in [0.2, 0.25) is 0 Å². The highest BCUT2D eigenvalue weighted by atomic mass is 16.5. The molecule has 4 aliphatic rings. The van der Waals surface area contributed by atoms with E-state index >= 15 is 0 Å². The summed E-state index contributed by atoms with van der Waals surface area (Å²) in [4.78, 5) is 12.7. The number of para-hydroxylation sites is 7. The molecule has 5 heterocycles. The van der Waals surface area contributed by atoms with Crippen molar-refractivity contribution < 1.29 is 4.74 Å². The third-order valence-corrected chi connectivity index (χ3v) is 24.3. The summed E-state index contributed by atoms with van der Waals surface area (Å²) in [5, 5.41) is 2.41. The number of ether oxygens (including phenoxy) is 1. The van der Waals surface area contributed by atoms with Crippen molar-refractivity contribution >= 4 is 153 Å². The van der Waals surface area contributed by atoms with Crippen molar-refractivity contribution in [2.45, 2.75) is 34.6 Å². The summed E-state index contributed by atoms with van der Waals surface area (Å²) < 4.78 is 10.2. The first-order valence-corrected chi connectivity index (χ1v) is 40.3. The Balaban J connectivity index is 0.872. The molecule has 0 amide bonds. The molecule has 17 aromatic carbocycles. The molecule has 0 atom stereocenters. The molecule has 22 rings (SSSR count). The Morgan fingerprint density at radius 2 is 0.733 bits per heavy atom. The van der Waals surface area contributed by atoms with E-state index in [1.165, 1.54) is 54.9 Å². The number of aryl methyl sites for hydroxylation is 5. The van der Waals surface area contributed by atoms with Crippen molar-refractivity contribution in [3.8, 4) is 50.6 Å². The SMILES string of the molecule is Cc1cc(C)c(N(c2ccccc2)c2cc3c4c(c2)N(c2ccccc2-c2ccc5c6ccccc6n(-c6ccccc6)c5c2)c2cc5c(cc2B4c2cc(C)cc(C)c2O3)B2c3ccc(-c4ccccc4)cc3N(c3ccccc3)c3cc(N(c4ccccc4)c4cccc(-c6ccccc6)c4)cc(c32)N5c2ccccc2)c(C)c1. The zero-order valence-corrected chi connectivity index (χ0v) is 65.1. The summed E-state index contributed by atoms with van der Waals surface area (Å²) >= 11 is 0. The molecule has 7 nitrogen and oxygen atoms in total. The third kappa shape index (κ3) is 11.0. The van der Waals surface area contributed by atoms with Gasteiger partial charge in [-0.1, -0.05) is 266 Å². The van der Waals surface area contributed by atoms with Gasteiger partial charge in [-0.2, -0.15) is 0 Å². The predicted octanol–water partition coefficient (Wildman–Crippen LogP) is 24.8. The van der Waals surface area contributed by atoms with Gasteiger partial charge in [0.05, 0.1) is 33.8 Å². The molecule has 0 saturated heterocycles. The van der Waals surface area contributed by atoms with E-state index in [1.807, 2.05) is 0 Å². The van der Waals surface area contributed by atoms with Crippen molar-refractivity contribution in [1.29, 1.82) is 0 Å². The molecule has 0 N–H and O–H groups in total. The Morgan fingerprint density at radius 1 is 0.259 bits per heavy atom. The first kappa shape index (κ1) is 68.3. The maximum Gasteiger partial charge on any atom is 0.256 e. The molecule has 18 aromatic rings. The molecule has 1 aromatic heterocycles. The number of aromatic nitrogens is 1. The van der Waals surface area contributed by atoms with Gasteiger partial charge < -0.3 is 33.8 Å². The van der Waals surface area contributed by atoms with Crippen LogP contribution in [0.3, 0.4) is 0 Å². The number of rotatable bonds is 13. The van der Waals surface area contributed by atoms with E-state index in [0.29, 0.717) is 0 Å². The highest BCUT2D eigenvalue weighted by molar-refractivity contribution is 7.02. The first-order chi connectivity index (χ1) is 57.1.